The normalized spacial score (nSPS) is 14.0. The summed E-state index contributed by atoms with van der Waals surface area (Å²) in [6.45, 7) is 7.27. The second kappa shape index (κ2) is 7.69. The van der Waals surface area contributed by atoms with Crippen molar-refractivity contribution in [3.05, 3.63) is 55.4 Å². The van der Waals surface area contributed by atoms with Gasteiger partial charge in [-0.2, -0.15) is 0 Å². The number of carbonyl (C=O) groups is 2. The van der Waals surface area contributed by atoms with Gasteiger partial charge < -0.3 is 11.1 Å². The predicted octanol–water partition coefficient (Wildman–Crippen LogP) is 3.08. The summed E-state index contributed by atoms with van der Waals surface area (Å²) in [7, 11) is 0. The molecule has 1 aliphatic rings. The number of anilines is 1. The maximum absolute atomic E-state index is 12.8. The summed E-state index contributed by atoms with van der Waals surface area (Å²) in [6.07, 6.45) is 0.688. The maximum atomic E-state index is 12.8. The van der Waals surface area contributed by atoms with Gasteiger partial charge in [0.2, 0.25) is 0 Å². The van der Waals surface area contributed by atoms with Crippen molar-refractivity contribution in [2.24, 2.45) is 5.73 Å². The Hall–Kier alpha value is -2.78. The third-order valence-corrected chi connectivity index (χ3v) is 6.17. The third kappa shape index (κ3) is 3.63. The first-order chi connectivity index (χ1) is 13.2. The highest BCUT2D eigenvalue weighted by Gasteiger charge is 2.29. The smallest absolute Gasteiger partial charge is 0.273 e. The van der Waals surface area contributed by atoms with Gasteiger partial charge in [-0.05, 0) is 38.8 Å². The average Bonchev–Trinajstić information content (AvgIpc) is 2.98. The summed E-state index contributed by atoms with van der Waals surface area (Å²) in [5.74, 6) is -1.08. The standard InChI is InChI=1S/C19H22N4O4S/c1-10(2)22-8-7-13-15(9-22)28-19(16(13)17(20)24)21-18(25)12-5-4-6-14(11(12)3)23(26)27/h4-6,10H,7-9H2,1-3H3,(H2,20,24)(H,21,25). The van der Waals surface area contributed by atoms with Crippen LogP contribution in [0.5, 0.6) is 0 Å². The summed E-state index contributed by atoms with van der Waals surface area (Å²) in [5.41, 5.74) is 7.18. The lowest BCUT2D eigenvalue weighted by Crippen LogP contribution is -2.35. The van der Waals surface area contributed by atoms with Gasteiger partial charge >= 0.3 is 0 Å². The minimum absolute atomic E-state index is 0.124. The molecular formula is C19H22N4O4S. The van der Waals surface area contributed by atoms with E-state index in [2.05, 4.69) is 24.1 Å². The van der Waals surface area contributed by atoms with E-state index in [1.165, 1.54) is 36.5 Å². The fraction of sp³-hybridized carbons (Fsp3) is 0.368. The van der Waals surface area contributed by atoms with E-state index in [9.17, 15) is 19.7 Å². The Morgan fingerprint density at radius 2 is 2.07 bits per heavy atom. The largest absolute Gasteiger partial charge is 0.365 e. The van der Waals surface area contributed by atoms with Crippen LogP contribution in [-0.2, 0) is 13.0 Å². The Labute approximate surface area is 166 Å². The van der Waals surface area contributed by atoms with Crippen LogP contribution in [0, 0.1) is 17.0 Å². The number of carbonyl (C=O) groups excluding carboxylic acids is 2. The minimum atomic E-state index is -0.582. The molecule has 0 bridgehead atoms. The van der Waals surface area contributed by atoms with Crippen LogP contribution in [0.25, 0.3) is 0 Å². The first-order valence-electron chi connectivity index (χ1n) is 8.94. The molecule has 1 aliphatic heterocycles. The molecule has 9 heteroatoms. The highest BCUT2D eigenvalue weighted by atomic mass is 32.1. The molecule has 2 aromatic rings. The predicted molar refractivity (Wildman–Crippen MR) is 108 cm³/mol. The number of nitrogens with two attached hydrogens (primary N) is 1. The lowest BCUT2D eigenvalue weighted by Gasteiger charge is -2.30. The highest BCUT2D eigenvalue weighted by Crippen LogP contribution is 2.37. The zero-order chi connectivity index (χ0) is 20.6. The van der Waals surface area contributed by atoms with Crippen molar-refractivity contribution in [1.82, 2.24) is 4.90 Å². The molecule has 0 unspecified atom stereocenters. The summed E-state index contributed by atoms with van der Waals surface area (Å²) in [5, 5.41) is 14.3. The molecule has 0 saturated carbocycles. The van der Waals surface area contributed by atoms with E-state index in [0.717, 1.165) is 17.0 Å². The molecule has 1 aromatic carbocycles. The number of hydrogen-bond donors (Lipinski definition) is 2. The van der Waals surface area contributed by atoms with Crippen LogP contribution in [0.15, 0.2) is 18.2 Å². The van der Waals surface area contributed by atoms with E-state index in [4.69, 9.17) is 5.73 Å². The van der Waals surface area contributed by atoms with Gasteiger partial charge in [-0.25, -0.2) is 0 Å². The first-order valence-corrected chi connectivity index (χ1v) is 9.76. The molecule has 28 heavy (non-hydrogen) atoms. The lowest BCUT2D eigenvalue weighted by atomic mass is 10.0. The second-order valence-electron chi connectivity index (χ2n) is 7.05. The van der Waals surface area contributed by atoms with Crippen LogP contribution in [0.1, 0.15) is 50.6 Å². The lowest BCUT2D eigenvalue weighted by molar-refractivity contribution is -0.385. The number of nitro groups is 1. The molecule has 148 valence electrons. The molecule has 2 heterocycles. The van der Waals surface area contributed by atoms with E-state index in [1.807, 2.05) is 0 Å². The molecule has 0 fully saturated rings. The monoisotopic (exact) mass is 402 g/mol. The molecule has 3 rings (SSSR count). The Bertz CT molecular complexity index is 967. The van der Waals surface area contributed by atoms with Crippen LogP contribution in [0.3, 0.4) is 0 Å². The van der Waals surface area contributed by atoms with Gasteiger partial charge in [0, 0.05) is 41.2 Å². The van der Waals surface area contributed by atoms with Crippen LogP contribution >= 0.6 is 11.3 Å². The van der Waals surface area contributed by atoms with Crippen LogP contribution in [0.4, 0.5) is 10.7 Å². The Morgan fingerprint density at radius 1 is 1.36 bits per heavy atom. The zero-order valence-electron chi connectivity index (χ0n) is 15.9. The number of rotatable bonds is 5. The van der Waals surface area contributed by atoms with Crippen molar-refractivity contribution in [1.29, 1.82) is 0 Å². The number of thiophene rings is 1. The number of fused-ring (bicyclic) bond motifs is 1. The van der Waals surface area contributed by atoms with Gasteiger partial charge in [-0.3, -0.25) is 24.6 Å². The zero-order valence-corrected chi connectivity index (χ0v) is 16.8. The van der Waals surface area contributed by atoms with Crippen molar-refractivity contribution in [2.45, 2.75) is 39.8 Å². The molecule has 3 N–H and O–H groups in total. The SMILES string of the molecule is Cc1c(C(=O)Nc2sc3c(c2C(N)=O)CCN(C(C)C)C3)cccc1[N+](=O)[O-]. The van der Waals surface area contributed by atoms with Gasteiger partial charge in [-0.15, -0.1) is 11.3 Å². The third-order valence-electron chi connectivity index (χ3n) is 5.04. The van der Waals surface area contributed by atoms with Crippen LogP contribution in [-0.4, -0.2) is 34.2 Å². The fourth-order valence-corrected chi connectivity index (χ4v) is 4.72. The molecule has 1 aromatic heterocycles. The second-order valence-corrected chi connectivity index (χ2v) is 8.15. The van der Waals surface area contributed by atoms with E-state index < -0.39 is 16.7 Å². The Balaban J connectivity index is 1.95. The molecular weight excluding hydrogens is 380 g/mol. The number of nitrogens with zero attached hydrogens (tertiary/aromatic N) is 2. The maximum Gasteiger partial charge on any atom is 0.273 e. The molecule has 0 atom stereocenters. The van der Waals surface area contributed by atoms with Gasteiger partial charge in [0.05, 0.1) is 10.5 Å². The number of hydrogen-bond acceptors (Lipinski definition) is 6. The summed E-state index contributed by atoms with van der Waals surface area (Å²) in [6, 6.07) is 4.72. The number of nitrogens with one attached hydrogen (secondary N) is 1. The summed E-state index contributed by atoms with van der Waals surface area (Å²) >= 11 is 1.34. The van der Waals surface area contributed by atoms with E-state index in [-0.39, 0.29) is 16.8 Å². The van der Waals surface area contributed by atoms with Gasteiger partial charge in [-0.1, -0.05) is 6.07 Å². The minimum Gasteiger partial charge on any atom is -0.365 e. The molecule has 8 nitrogen and oxygen atoms in total. The summed E-state index contributed by atoms with van der Waals surface area (Å²) in [4.78, 5) is 38.8. The van der Waals surface area contributed by atoms with E-state index in [1.54, 1.807) is 0 Å². The quantitative estimate of drug-likeness (QED) is 0.588. The average molecular weight is 402 g/mol. The van der Waals surface area contributed by atoms with Gasteiger partial charge in [0.15, 0.2) is 0 Å². The molecule has 2 amide bonds. The number of nitro benzene ring substituents is 1. The molecule has 0 spiro atoms. The molecule has 0 radical (unpaired) electrons. The van der Waals surface area contributed by atoms with Crippen LogP contribution < -0.4 is 11.1 Å². The van der Waals surface area contributed by atoms with E-state index in [0.29, 0.717) is 29.6 Å². The molecule has 0 saturated heterocycles. The van der Waals surface area contributed by atoms with Crippen molar-refractivity contribution in [3.8, 4) is 0 Å². The topological polar surface area (TPSA) is 119 Å². The van der Waals surface area contributed by atoms with E-state index >= 15 is 0 Å². The van der Waals surface area contributed by atoms with Crippen LogP contribution in [0.2, 0.25) is 0 Å². The van der Waals surface area contributed by atoms with Crippen molar-refractivity contribution in [3.63, 3.8) is 0 Å². The number of amides is 2. The van der Waals surface area contributed by atoms with Crippen molar-refractivity contribution < 1.29 is 14.5 Å². The summed E-state index contributed by atoms with van der Waals surface area (Å²) < 4.78 is 0. The van der Waals surface area contributed by atoms with Gasteiger partial charge in [0.25, 0.3) is 17.5 Å². The number of benzene rings is 1. The van der Waals surface area contributed by atoms with Crippen molar-refractivity contribution in [2.75, 3.05) is 11.9 Å². The first kappa shape index (κ1) is 20.0. The highest BCUT2D eigenvalue weighted by molar-refractivity contribution is 7.17. The fourth-order valence-electron chi connectivity index (χ4n) is 3.45. The Morgan fingerprint density at radius 3 is 2.68 bits per heavy atom. The number of primary amides is 1. The van der Waals surface area contributed by atoms with Gasteiger partial charge in [0.1, 0.15) is 5.00 Å². The van der Waals surface area contributed by atoms with Crippen molar-refractivity contribution >= 4 is 33.8 Å². The Kier molecular flexibility index (Phi) is 5.48. The molecule has 0 aliphatic carbocycles.